The van der Waals surface area contributed by atoms with E-state index >= 15 is 0 Å². The molecule has 146 valence electrons. The van der Waals surface area contributed by atoms with Crippen molar-refractivity contribution in [3.63, 3.8) is 0 Å². The molecule has 1 heterocycles. The molecule has 1 aromatic heterocycles. The van der Waals surface area contributed by atoms with E-state index in [1.165, 1.54) is 7.05 Å². The zero-order valence-corrected chi connectivity index (χ0v) is 16.1. The molecule has 0 atom stereocenters. The van der Waals surface area contributed by atoms with Crippen LogP contribution in [0.1, 0.15) is 29.8 Å². The number of carbonyl (C=O) groups is 1. The van der Waals surface area contributed by atoms with Crippen LogP contribution in [0.15, 0.2) is 52.1 Å². The van der Waals surface area contributed by atoms with E-state index in [-0.39, 0.29) is 22.7 Å². The zero-order chi connectivity index (χ0) is 20.4. The van der Waals surface area contributed by atoms with Gasteiger partial charge in [-0.3, -0.25) is 13.9 Å². The van der Waals surface area contributed by atoms with Crippen molar-refractivity contribution < 1.29 is 9.90 Å². The third-order valence-corrected chi connectivity index (χ3v) is 4.59. The molecule has 0 aliphatic rings. The van der Waals surface area contributed by atoms with Crippen LogP contribution in [0.3, 0.4) is 0 Å². The molecule has 3 rings (SSSR count). The SMILES string of the molecule is CC(C)Cn1c(=O)n(C)c(=O)c2cc(NCc3ccc(C(=O)O)cc3)ccc21. The highest BCUT2D eigenvalue weighted by molar-refractivity contribution is 5.87. The van der Waals surface area contributed by atoms with Gasteiger partial charge in [0.2, 0.25) is 0 Å². The van der Waals surface area contributed by atoms with Crippen LogP contribution in [0, 0.1) is 5.92 Å². The number of hydrogen-bond acceptors (Lipinski definition) is 4. The summed E-state index contributed by atoms with van der Waals surface area (Å²) >= 11 is 0. The van der Waals surface area contributed by atoms with Crippen LogP contribution in [0.5, 0.6) is 0 Å². The fourth-order valence-corrected chi connectivity index (χ4v) is 3.12. The van der Waals surface area contributed by atoms with Crippen molar-refractivity contribution in [2.24, 2.45) is 13.0 Å². The van der Waals surface area contributed by atoms with Crippen molar-refractivity contribution in [3.05, 3.63) is 74.4 Å². The van der Waals surface area contributed by atoms with Gasteiger partial charge in [0.25, 0.3) is 5.56 Å². The number of carboxylic acids is 1. The summed E-state index contributed by atoms with van der Waals surface area (Å²) in [6, 6.07) is 12.0. The van der Waals surface area contributed by atoms with Crippen LogP contribution in [0.2, 0.25) is 0 Å². The van der Waals surface area contributed by atoms with Crippen LogP contribution >= 0.6 is 0 Å². The van der Waals surface area contributed by atoms with Gasteiger partial charge in [-0.15, -0.1) is 0 Å². The summed E-state index contributed by atoms with van der Waals surface area (Å²) in [5.74, 6) is -0.692. The van der Waals surface area contributed by atoms with Gasteiger partial charge in [-0.25, -0.2) is 9.59 Å². The maximum absolute atomic E-state index is 12.6. The molecule has 0 saturated carbocycles. The first kappa shape index (κ1) is 19.4. The lowest BCUT2D eigenvalue weighted by Gasteiger charge is -2.15. The van der Waals surface area contributed by atoms with Crippen molar-refractivity contribution in [1.82, 2.24) is 9.13 Å². The average molecular weight is 381 g/mol. The van der Waals surface area contributed by atoms with E-state index in [2.05, 4.69) is 5.32 Å². The first-order valence-electron chi connectivity index (χ1n) is 9.07. The highest BCUT2D eigenvalue weighted by atomic mass is 16.4. The monoisotopic (exact) mass is 381 g/mol. The smallest absolute Gasteiger partial charge is 0.335 e. The van der Waals surface area contributed by atoms with Gasteiger partial charge in [-0.05, 0) is 41.8 Å². The van der Waals surface area contributed by atoms with E-state index in [1.54, 1.807) is 41.0 Å². The third-order valence-electron chi connectivity index (χ3n) is 4.59. The molecule has 2 aromatic carbocycles. The van der Waals surface area contributed by atoms with Gasteiger partial charge in [0.05, 0.1) is 16.5 Å². The number of anilines is 1. The van der Waals surface area contributed by atoms with Crippen molar-refractivity contribution in [2.75, 3.05) is 5.32 Å². The van der Waals surface area contributed by atoms with Crippen LogP contribution in [0.4, 0.5) is 5.69 Å². The van der Waals surface area contributed by atoms with Crippen molar-refractivity contribution >= 4 is 22.6 Å². The maximum Gasteiger partial charge on any atom is 0.335 e. The molecule has 0 radical (unpaired) electrons. The highest BCUT2D eigenvalue weighted by Crippen LogP contribution is 2.17. The van der Waals surface area contributed by atoms with Gasteiger partial charge in [-0.2, -0.15) is 0 Å². The van der Waals surface area contributed by atoms with E-state index in [0.717, 1.165) is 15.8 Å². The molecule has 3 aromatic rings. The predicted octanol–water partition coefficient (Wildman–Crippen LogP) is 2.67. The highest BCUT2D eigenvalue weighted by Gasteiger charge is 2.12. The number of aromatic nitrogens is 2. The minimum absolute atomic E-state index is 0.237. The first-order chi connectivity index (χ1) is 13.3. The average Bonchev–Trinajstić information content (AvgIpc) is 2.68. The Hall–Kier alpha value is -3.35. The lowest BCUT2D eigenvalue weighted by Crippen LogP contribution is -2.38. The summed E-state index contributed by atoms with van der Waals surface area (Å²) in [5, 5.41) is 12.7. The molecule has 0 amide bonds. The Morgan fingerprint density at radius 2 is 1.79 bits per heavy atom. The van der Waals surface area contributed by atoms with E-state index in [4.69, 9.17) is 5.11 Å². The molecule has 0 aliphatic carbocycles. The molecule has 0 unspecified atom stereocenters. The number of aromatic carboxylic acids is 1. The summed E-state index contributed by atoms with van der Waals surface area (Å²) in [4.78, 5) is 36.0. The Bertz CT molecular complexity index is 1140. The first-order valence-corrected chi connectivity index (χ1v) is 9.07. The van der Waals surface area contributed by atoms with Crippen molar-refractivity contribution in [2.45, 2.75) is 26.9 Å². The second-order valence-corrected chi connectivity index (χ2v) is 7.24. The van der Waals surface area contributed by atoms with Gasteiger partial charge in [0.1, 0.15) is 0 Å². The summed E-state index contributed by atoms with van der Waals surface area (Å²) in [7, 11) is 1.49. The number of rotatable bonds is 6. The van der Waals surface area contributed by atoms with E-state index in [9.17, 15) is 14.4 Å². The van der Waals surface area contributed by atoms with Crippen LogP contribution in [-0.4, -0.2) is 20.2 Å². The number of carboxylic acid groups (broad SMARTS) is 1. The normalized spacial score (nSPS) is 11.1. The second kappa shape index (κ2) is 7.72. The van der Waals surface area contributed by atoms with Gasteiger partial charge in [-0.1, -0.05) is 26.0 Å². The Morgan fingerprint density at radius 3 is 2.39 bits per heavy atom. The van der Waals surface area contributed by atoms with Gasteiger partial charge in [0, 0.05) is 25.8 Å². The Morgan fingerprint density at radius 1 is 1.11 bits per heavy atom. The molecule has 7 nitrogen and oxygen atoms in total. The number of nitrogens with zero attached hydrogens (tertiary/aromatic N) is 2. The number of benzene rings is 2. The van der Waals surface area contributed by atoms with Crippen molar-refractivity contribution in [3.8, 4) is 0 Å². The fourth-order valence-electron chi connectivity index (χ4n) is 3.12. The molecular weight excluding hydrogens is 358 g/mol. The molecule has 7 heteroatoms. The molecule has 0 spiro atoms. The lowest BCUT2D eigenvalue weighted by molar-refractivity contribution is 0.0697. The maximum atomic E-state index is 12.6. The Kier molecular flexibility index (Phi) is 5.35. The fraction of sp³-hybridized carbons (Fsp3) is 0.286. The van der Waals surface area contributed by atoms with E-state index in [0.29, 0.717) is 24.0 Å². The minimum atomic E-state index is -0.961. The molecular formula is C21H23N3O4. The van der Waals surface area contributed by atoms with E-state index in [1.807, 2.05) is 19.9 Å². The number of nitrogens with one attached hydrogen (secondary N) is 1. The summed E-state index contributed by atoms with van der Waals surface area (Å²) < 4.78 is 2.77. The van der Waals surface area contributed by atoms with Gasteiger partial charge >= 0.3 is 11.7 Å². The third kappa shape index (κ3) is 3.83. The standard InChI is InChI=1S/C21H23N3O4/c1-13(2)12-24-18-9-8-16(10-17(18)19(25)23(3)21(24)28)22-11-14-4-6-15(7-5-14)20(26)27/h4-10,13,22H,11-12H2,1-3H3,(H,26,27). The lowest BCUT2D eigenvalue weighted by atomic mass is 10.1. The van der Waals surface area contributed by atoms with Crippen molar-refractivity contribution in [1.29, 1.82) is 0 Å². The molecule has 0 bridgehead atoms. The Balaban J connectivity index is 1.92. The molecule has 0 aliphatic heterocycles. The topological polar surface area (TPSA) is 93.3 Å². The molecule has 0 fully saturated rings. The summed E-state index contributed by atoms with van der Waals surface area (Å²) in [6.07, 6.45) is 0. The number of hydrogen-bond donors (Lipinski definition) is 2. The minimum Gasteiger partial charge on any atom is -0.478 e. The van der Waals surface area contributed by atoms with Crippen LogP contribution in [-0.2, 0) is 20.1 Å². The second-order valence-electron chi connectivity index (χ2n) is 7.24. The summed E-state index contributed by atoms with van der Waals surface area (Å²) in [5.41, 5.74) is 1.89. The molecule has 2 N–H and O–H groups in total. The van der Waals surface area contributed by atoms with E-state index < -0.39 is 5.97 Å². The molecule has 28 heavy (non-hydrogen) atoms. The van der Waals surface area contributed by atoms with Crippen LogP contribution in [0.25, 0.3) is 10.9 Å². The zero-order valence-electron chi connectivity index (χ0n) is 16.1. The largest absolute Gasteiger partial charge is 0.478 e. The summed E-state index contributed by atoms with van der Waals surface area (Å²) in [6.45, 7) is 5.06. The van der Waals surface area contributed by atoms with Gasteiger partial charge in [0.15, 0.2) is 0 Å². The number of fused-ring (bicyclic) bond motifs is 1. The Labute approximate surface area is 161 Å². The van der Waals surface area contributed by atoms with Crippen LogP contribution < -0.4 is 16.6 Å². The van der Waals surface area contributed by atoms with Gasteiger partial charge < -0.3 is 10.4 Å². The quantitative estimate of drug-likeness (QED) is 0.685. The molecule has 0 saturated heterocycles. The predicted molar refractivity (Wildman–Crippen MR) is 109 cm³/mol.